The Morgan fingerprint density at radius 2 is 2.03 bits per heavy atom. The lowest BCUT2D eigenvalue weighted by atomic mass is 9.88. The average Bonchev–Trinajstić information content (AvgIpc) is 3.47. The number of esters is 1. The van der Waals surface area contributed by atoms with Gasteiger partial charge in [-0.3, -0.25) is 4.79 Å². The lowest BCUT2D eigenvalue weighted by molar-refractivity contribution is 0.0526. The molecule has 0 radical (unpaired) electrons. The number of hydrogen-bond donors (Lipinski definition) is 1. The number of ether oxygens (including phenoxy) is 1. The number of nitrogens with one attached hydrogen (secondary N) is 1. The lowest BCUT2D eigenvalue weighted by Crippen LogP contribution is -2.16. The van der Waals surface area contributed by atoms with Gasteiger partial charge in [-0.15, -0.1) is 22.7 Å². The first-order valence-corrected chi connectivity index (χ1v) is 12.8. The van der Waals surface area contributed by atoms with E-state index < -0.39 is 0 Å². The molecule has 0 fully saturated rings. The Morgan fingerprint density at radius 1 is 1.24 bits per heavy atom. The molecular formula is C25H25N3O3S2. The first-order chi connectivity index (χ1) is 16.0. The van der Waals surface area contributed by atoms with Crippen molar-refractivity contribution in [3.8, 4) is 5.69 Å². The number of aromatic nitrogens is 2. The highest BCUT2D eigenvalue weighted by molar-refractivity contribution is 7.21. The van der Waals surface area contributed by atoms with Gasteiger partial charge < -0.3 is 10.1 Å². The number of hydrogen-bond acceptors (Lipinski definition) is 6. The topological polar surface area (TPSA) is 73.2 Å². The summed E-state index contributed by atoms with van der Waals surface area (Å²) in [5.41, 5.74) is 3.40. The zero-order valence-corrected chi connectivity index (χ0v) is 20.4. The van der Waals surface area contributed by atoms with Crippen LogP contribution >= 0.6 is 22.7 Å². The average molecular weight is 480 g/mol. The molecule has 170 valence electrons. The second kappa shape index (κ2) is 8.76. The minimum Gasteiger partial charge on any atom is -0.462 e. The number of nitrogens with zero attached hydrogens (tertiary/aromatic N) is 2. The van der Waals surface area contributed by atoms with E-state index in [4.69, 9.17) is 4.74 Å². The number of fused-ring (bicyclic) bond motifs is 2. The van der Waals surface area contributed by atoms with Gasteiger partial charge in [0.05, 0.1) is 28.4 Å². The van der Waals surface area contributed by atoms with E-state index in [2.05, 4.69) is 17.3 Å². The van der Waals surface area contributed by atoms with Crippen molar-refractivity contribution < 1.29 is 14.3 Å². The van der Waals surface area contributed by atoms with Crippen molar-refractivity contribution in [3.05, 3.63) is 63.0 Å². The van der Waals surface area contributed by atoms with Crippen LogP contribution in [0.15, 0.2) is 36.4 Å². The summed E-state index contributed by atoms with van der Waals surface area (Å²) in [6.45, 7) is 6.27. The number of amides is 1. The highest BCUT2D eigenvalue weighted by Gasteiger charge is 2.29. The number of aryl methyl sites for hydroxylation is 1. The van der Waals surface area contributed by atoms with Crippen LogP contribution < -0.4 is 5.32 Å². The standard InChI is InChI=1S/C25H25N3O3S2/c1-4-31-25(30)21-17-11-10-14(2)12-19(17)32-23(21)26-22(29)20-13-18-15(3)27-28(24(18)33-20)16-8-6-5-7-9-16/h5-9,13-14H,4,10-12H2,1-3H3,(H,26,29). The summed E-state index contributed by atoms with van der Waals surface area (Å²) in [6, 6.07) is 11.8. The van der Waals surface area contributed by atoms with E-state index in [1.165, 1.54) is 27.6 Å². The maximum atomic E-state index is 13.3. The van der Waals surface area contributed by atoms with E-state index in [0.29, 0.717) is 28.0 Å². The SMILES string of the molecule is CCOC(=O)c1c(NC(=O)c2cc3c(C)nn(-c4ccccc4)c3s2)sc2c1CCC(C)C2. The summed E-state index contributed by atoms with van der Waals surface area (Å²) in [5.74, 6) is 0.000382. The number of carbonyl (C=O) groups is 2. The summed E-state index contributed by atoms with van der Waals surface area (Å²) in [5, 5.41) is 9.23. The van der Waals surface area contributed by atoms with Crippen molar-refractivity contribution >= 4 is 49.8 Å². The van der Waals surface area contributed by atoms with Crippen LogP contribution in [0, 0.1) is 12.8 Å². The zero-order valence-electron chi connectivity index (χ0n) is 18.8. The van der Waals surface area contributed by atoms with Gasteiger partial charge in [-0.05, 0) is 62.8 Å². The van der Waals surface area contributed by atoms with Crippen LogP contribution in [0.2, 0.25) is 0 Å². The van der Waals surface area contributed by atoms with Gasteiger partial charge in [0.1, 0.15) is 9.83 Å². The van der Waals surface area contributed by atoms with Crippen molar-refractivity contribution in [2.75, 3.05) is 11.9 Å². The monoisotopic (exact) mass is 479 g/mol. The highest BCUT2D eigenvalue weighted by atomic mass is 32.1. The molecule has 1 aliphatic carbocycles. The molecule has 5 rings (SSSR count). The Bertz CT molecular complexity index is 1350. The molecule has 0 aliphatic heterocycles. The van der Waals surface area contributed by atoms with Crippen LogP contribution in [-0.4, -0.2) is 28.3 Å². The van der Waals surface area contributed by atoms with Crippen LogP contribution in [-0.2, 0) is 17.6 Å². The number of anilines is 1. The zero-order chi connectivity index (χ0) is 23.1. The van der Waals surface area contributed by atoms with E-state index in [1.54, 1.807) is 6.92 Å². The molecule has 1 unspecified atom stereocenters. The van der Waals surface area contributed by atoms with Crippen LogP contribution in [0.1, 0.15) is 56.4 Å². The van der Waals surface area contributed by atoms with E-state index in [0.717, 1.165) is 46.4 Å². The van der Waals surface area contributed by atoms with Crippen LogP contribution in [0.25, 0.3) is 15.9 Å². The lowest BCUT2D eigenvalue weighted by Gasteiger charge is -2.18. The second-order valence-corrected chi connectivity index (χ2v) is 10.5. The first kappa shape index (κ1) is 21.9. The fourth-order valence-electron chi connectivity index (χ4n) is 4.33. The molecule has 33 heavy (non-hydrogen) atoms. The Hall–Kier alpha value is -2.97. The third kappa shape index (κ3) is 3.98. The molecule has 1 N–H and O–H groups in total. The van der Waals surface area contributed by atoms with Crippen molar-refractivity contribution in [1.82, 2.24) is 9.78 Å². The molecule has 4 aromatic rings. The molecule has 0 spiro atoms. The summed E-state index contributed by atoms with van der Waals surface area (Å²) in [7, 11) is 0. The molecule has 3 heterocycles. The third-order valence-electron chi connectivity index (χ3n) is 5.99. The first-order valence-electron chi connectivity index (χ1n) is 11.1. The number of carbonyl (C=O) groups excluding carboxylic acids is 2. The smallest absolute Gasteiger partial charge is 0.341 e. The minimum absolute atomic E-state index is 0.215. The quantitative estimate of drug-likeness (QED) is 0.356. The van der Waals surface area contributed by atoms with Gasteiger partial charge in [0, 0.05) is 10.3 Å². The summed E-state index contributed by atoms with van der Waals surface area (Å²) >= 11 is 2.91. The molecule has 1 aromatic carbocycles. The molecular weight excluding hydrogens is 454 g/mol. The number of benzene rings is 1. The number of rotatable bonds is 5. The highest BCUT2D eigenvalue weighted by Crippen LogP contribution is 2.40. The predicted octanol–water partition coefficient (Wildman–Crippen LogP) is 6.01. The van der Waals surface area contributed by atoms with Crippen LogP contribution in [0.5, 0.6) is 0 Å². The molecule has 6 nitrogen and oxygen atoms in total. The fraction of sp³-hybridized carbons (Fsp3) is 0.320. The molecule has 8 heteroatoms. The fourth-order valence-corrected chi connectivity index (χ4v) is 6.80. The summed E-state index contributed by atoms with van der Waals surface area (Å²) in [6.07, 6.45) is 2.80. The van der Waals surface area contributed by atoms with E-state index in [-0.39, 0.29) is 11.9 Å². The van der Waals surface area contributed by atoms with E-state index in [1.807, 2.05) is 48.0 Å². The number of thiophene rings is 2. The Balaban J connectivity index is 1.50. The summed E-state index contributed by atoms with van der Waals surface area (Å²) < 4.78 is 7.21. The summed E-state index contributed by atoms with van der Waals surface area (Å²) in [4.78, 5) is 28.7. The predicted molar refractivity (Wildman–Crippen MR) is 133 cm³/mol. The van der Waals surface area contributed by atoms with Crippen molar-refractivity contribution in [1.29, 1.82) is 0 Å². The van der Waals surface area contributed by atoms with Gasteiger partial charge in [0.15, 0.2) is 0 Å². The van der Waals surface area contributed by atoms with E-state index in [9.17, 15) is 9.59 Å². The Morgan fingerprint density at radius 3 is 2.79 bits per heavy atom. The Labute approximate surface area is 200 Å². The molecule has 0 bridgehead atoms. The molecule has 1 atom stereocenters. The van der Waals surface area contributed by atoms with Gasteiger partial charge in [-0.1, -0.05) is 25.1 Å². The third-order valence-corrected chi connectivity index (χ3v) is 8.27. The molecule has 0 saturated carbocycles. The van der Waals surface area contributed by atoms with Gasteiger partial charge in [-0.2, -0.15) is 5.10 Å². The Kier molecular flexibility index (Phi) is 5.80. The van der Waals surface area contributed by atoms with Gasteiger partial charge in [-0.25, -0.2) is 9.48 Å². The molecule has 3 aromatic heterocycles. The van der Waals surface area contributed by atoms with Crippen LogP contribution in [0.3, 0.4) is 0 Å². The maximum Gasteiger partial charge on any atom is 0.341 e. The number of para-hydroxylation sites is 1. The van der Waals surface area contributed by atoms with Gasteiger partial charge >= 0.3 is 5.97 Å². The minimum atomic E-state index is -0.355. The van der Waals surface area contributed by atoms with Gasteiger partial charge in [0.25, 0.3) is 5.91 Å². The van der Waals surface area contributed by atoms with Gasteiger partial charge in [0.2, 0.25) is 0 Å². The van der Waals surface area contributed by atoms with E-state index >= 15 is 0 Å². The van der Waals surface area contributed by atoms with Crippen molar-refractivity contribution in [2.24, 2.45) is 5.92 Å². The molecule has 1 amide bonds. The normalized spacial score (nSPS) is 15.4. The van der Waals surface area contributed by atoms with Crippen molar-refractivity contribution in [2.45, 2.75) is 40.0 Å². The molecule has 1 aliphatic rings. The molecule has 0 saturated heterocycles. The largest absolute Gasteiger partial charge is 0.462 e. The maximum absolute atomic E-state index is 13.3. The van der Waals surface area contributed by atoms with Crippen LogP contribution in [0.4, 0.5) is 5.00 Å². The second-order valence-electron chi connectivity index (χ2n) is 8.39. The van der Waals surface area contributed by atoms with Crippen molar-refractivity contribution in [3.63, 3.8) is 0 Å².